The molecule has 3 N–H and O–H groups in total. The largest absolute Gasteiger partial charge is 0.481 e. The quantitative estimate of drug-likeness (QED) is 0.260. The van der Waals surface area contributed by atoms with Crippen molar-refractivity contribution < 1.29 is 22.8 Å². The van der Waals surface area contributed by atoms with Crippen LogP contribution in [0.5, 0.6) is 0 Å². The summed E-state index contributed by atoms with van der Waals surface area (Å²) in [7, 11) is 1.75. The van der Waals surface area contributed by atoms with Gasteiger partial charge in [-0.2, -0.15) is 13.1 Å². The Morgan fingerprint density at radius 3 is 1.85 bits per heavy atom. The zero-order valence-corrected chi connectivity index (χ0v) is 21.7. The SMILES string of the molecule is CCCCCc1ccc(CCc2ccc(NS(=O)(=O)NC(CC(=O)O)C[N+](C)(C)C)cc2)cc1. The van der Waals surface area contributed by atoms with E-state index in [1.165, 1.54) is 30.4 Å². The van der Waals surface area contributed by atoms with Crippen molar-refractivity contribution in [3.05, 3.63) is 65.2 Å². The topological polar surface area (TPSA) is 95.5 Å². The lowest BCUT2D eigenvalue weighted by molar-refractivity contribution is -0.871. The molecule has 0 bridgehead atoms. The number of aryl methyl sites for hydroxylation is 3. The van der Waals surface area contributed by atoms with Gasteiger partial charge in [0, 0.05) is 5.69 Å². The molecule has 188 valence electrons. The Hall–Kier alpha value is -2.42. The Morgan fingerprint density at radius 2 is 1.38 bits per heavy atom. The number of likely N-dealkylation sites (N-methyl/N-ethyl adjacent to an activating group) is 1. The van der Waals surface area contributed by atoms with Gasteiger partial charge in [-0.1, -0.05) is 56.2 Å². The molecule has 2 aromatic carbocycles. The number of hydrogen-bond donors (Lipinski definition) is 3. The number of unbranched alkanes of at least 4 members (excludes halogenated alkanes) is 2. The van der Waals surface area contributed by atoms with Crippen LogP contribution in [0.25, 0.3) is 0 Å². The molecule has 8 heteroatoms. The van der Waals surface area contributed by atoms with Gasteiger partial charge in [0.25, 0.3) is 10.2 Å². The number of quaternary nitrogens is 1. The molecule has 0 aliphatic carbocycles. The number of anilines is 1. The summed E-state index contributed by atoms with van der Waals surface area (Å²) in [5.74, 6) is -1.04. The van der Waals surface area contributed by atoms with E-state index in [0.29, 0.717) is 16.7 Å². The Kier molecular flexibility index (Phi) is 10.5. The third kappa shape index (κ3) is 11.1. The summed E-state index contributed by atoms with van der Waals surface area (Å²) >= 11 is 0. The molecule has 1 unspecified atom stereocenters. The molecular weight excluding hydrogens is 450 g/mol. The highest BCUT2D eigenvalue weighted by Gasteiger charge is 2.25. The fraction of sp³-hybridized carbons (Fsp3) is 0.500. The molecule has 0 amide bonds. The second-order valence-corrected chi connectivity index (χ2v) is 11.4. The predicted octanol–water partition coefficient (Wildman–Crippen LogP) is 4.00. The van der Waals surface area contributed by atoms with Gasteiger partial charge in [-0.15, -0.1) is 0 Å². The van der Waals surface area contributed by atoms with Crippen molar-refractivity contribution in [1.29, 1.82) is 0 Å². The number of carboxylic acid groups (broad SMARTS) is 1. The van der Waals surface area contributed by atoms with E-state index in [0.717, 1.165) is 24.8 Å². The number of nitrogens with one attached hydrogen (secondary N) is 2. The van der Waals surface area contributed by atoms with Crippen LogP contribution in [0, 0.1) is 0 Å². The molecule has 0 saturated heterocycles. The molecule has 1 atom stereocenters. The highest BCUT2D eigenvalue weighted by Crippen LogP contribution is 2.15. The lowest BCUT2D eigenvalue weighted by atomic mass is 10.0. The first-order valence-corrected chi connectivity index (χ1v) is 13.4. The van der Waals surface area contributed by atoms with E-state index in [1.54, 1.807) is 12.1 Å². The zero-order valence-electron chi connectivity index (χ0n) is 20.9. The van der Waals surface area contributed by atoms with Gasteiger partial charge in [-0.05, 0) is 54.5 Å². The first-order chi connectivity index (χ1) is 16.0. The van der Waals surface area contributed by atoms with E-state index in [9.17, 15) is 13.2 Å². The van der Waals surface area contributed by atoms with Crippen LogP contribution < -0.4 is 9.44 Å². The van der Waals surface area contributed by atoms with Crippen LogP contribution in [0.4, 0.5) is 5.69 Å². The first kappa shape index (κ1) is 27.8. The standard InChI is InChI=1S/C26H39N3O4S/c1-5-6-7-8-21-9-11-22(12-10-21)13-14-23-15-17-24(18-16-23)27-34(32,33)28-25(19-26(30)31)20-29(2,3)4/h9-12,15-18,25,27-28H,5-8,13-14,19-20H2,1-4H3/p+1. The van der Waals surface area contributed by atoms with Crippen molar-refractivity contribution in [2.75, 3.05) is 32.4 Å². The van der Waals surface area contributed by atoms with Crippen LogP contribution in [0.15, 0.2) is 48.5 Å². The average Bonchev–Trinajstić information content (AvgIpc) is 2.72. The third-order valence-corrected chi connectivity index (χ3v) is 6.66. The number of nitrogens with zero attached hydrogens (tertiary/aromatic N) is 1. The number of rotatable bonds is 15. The van der Waals surface area contributed by atoms with Gasteiger partial charge in [-0.25, -0.2) is 0 Å². The number of carboxylic acids is 1. The van der Waals surface area contributed by atoms with Crippen molar-refractivity contribution in [3.63, 3.8) is 0 Å². The van der Waals surface area contributed by atoms with Crippen LogP contribution in [0.2, 0.25) is 0 Å². The van der Waals surface area contributed by atoms with E-state index >= 15 is 0 Å². The van der Waals surface area contributed by atoms with Crippen LogP contribution >= 0.6 is 0 Å². The number of hydrogen-bond acceptors (Lipinski definition) is 3. The van der Waals surface area contributed by atoms with Crippen LogP contribution in [-0.4, -0.2) is 57.7 Å². The molecule has 2 rings (SSSR count). The zero-order chi connectivity index (χ0) is 25.2. The van der Waals surface area contributed by atoms with Crippen molar-refractivity contribution in [1.82, 2.24) is 4.72 Å². The van der Waals surface area contributed by atoms with Crippen molar-refractivity contribution >= 4 is 21.9 Å². The smallest absolute Gasteiger partial charge is 0.305 e. The minimum atomic E-state index is -3.91. The fourth-order valence-electron chi connectivity index (χ4n) is 3.90. The van der Waals surface area contributed by atoms with Gasteiger partial charge in [0.15, 0.2) is 0 Å². The summed E-state index contributed by atoms with van der Waals surface area (Å²) in [4.78, 5) is 11.1. The molecule has 7 nitrogen and oxygen atoms in total. The van der Waals surface area contributed by atoms with Gasteiger partial charge in [0.05, 0.1) is 40.2 Å². The second-order valence-electron chi connectivity index (χ2n) is 9.96. The normalized spacial score (nSPS) is 12.9. The lowest BCUT2D eigenvalue weighted by Gasteiger charge is -2.29. The van der Waals surface area contributed by atoms with E-state index < -0.39 is 22.2 Å². The Labute approximate surface area is 205 Å². The molecule has 0 radical (unpaired) electrons. The molecule has 0 heterocycles. The van der Waals surface area contributed by atoms with Gasteiger partial charge in [0.1, 0.15) is 0 Å². The van der Waals surface area contributed by atoms with Gasteiger partial charge >= 0.3 is 5.97 Å². The van der Waals surface area contributed by atoms with E-state index in [2.05, 4.69) is 40.6 Å². The number of carbonyl (C=O) groups is 1. The molecule has 0 saturated carbocycles. The van der Waals surface area contributed by atoms with Crippen LogP contribution in [0.3, 0.4) is 0 Å². The molecule has 0 aliphatic rings. The van der Waals surface area contributed by atoms with Crippen LogP contribution in [0.1, 0.15) is 49.3 Å². The number of aliphatic carboxylic acids is 1. The molecule has 0 fully saturated rings. The van der Waals surface area contributed by atoms with E-state index in [4.69, 9.17) is 5.11 Å². The van der Waals surface area contributed by atoms with E-state index in [-0.39, 0.29) is 6.42 Å². The second kappa shape index (κ2) is 12.9. The summed E-state index contributed by atoms with van der Waals surface area (Å²) < 4.78 is 30.5. The maximum Gasteiger partial charge on any atom is 0.305 e. The molecule has 0 aliphatic heterocycles. The summed E-state index contributed by atoms with van der Waals surface area (Å²) in [5, 5.41) is 9.13. The highest BCUT2D eigenvalue weighted by atomic mass is 32.2. The molecule has 0 spiro atoms. The average molecular weight is 491 g/mol. The minimum absolute atomic E-state index is 0.283. The minimum Gasteiger partial charge on any atom is -0.481 e. The highest BCUT2D eigenvalue weighted by molar-refractivity contribution is 7.90. The van der Waals surface area contributed by atoms with Crippen molar-refractivity contribution in [3.8, 4) is 0 Å². The monoisotopic (exact) mass is 490 g/mol. The lowest BCUT2D eigenvalue weighted by Crippen LogP contribution is -2.50. The molecule has 0 aromatic heterocycles. The molecular formula is C26H40N3O4S+. The summed E-state index contributed by atoms with van der Waals surface area (Å²) in [6.45, 7) is 2.57. The first-order valence-electron chi connectivity index (χ1n) is 11.9. The fourth-order valence-corrected chi connectivity index (χ4v) is 5.00. The number of benzene rings is 2. The summed E-state index contributed by atoms with van der Waals surface area (Å²) in [6, 6.07) is 15.4. The van der Waals surface area contributed by atoms with Crippen molar-refractivity contribution in [2.45, 2.75) is 57.9 Å². The maximum absolute atomic E-state index is 12.6. The summed E-state index contributed by atoms with van der Waals surface area (Å²) in [5.41, 5.74) is 4.23. The molecule has 34 heavy (non-hydrogen) atoms. The van der Waals surface area contributed by atoms with Crippen molar-refractivity contribution in [2.24, 2.45) is 0 Å². The van der Waals surface area contributed by atoms with Gasteiger partial charge < -0.3 is 9.59 Å². The third-order valence-electron chi connectivity index (χ3n) is 5.51. The Balaban J connectivity index is 1.90. The van der Waals surface area contributed by atoms with Gasteiger partial charge in [-0.3, -0.25) is 9.52 Å². The predicted molar refractivity (Wildman–Crippen MR) is 138 cm³/mol. The Bertz CT molecular complexity index is 998. The maximum atomic E-state index is 12.6. The summed E-state index contributed by atoms with van der Waals surface area (Å²) in [6.07, 6.45) is 6.37. The van der Waals surface area contributed by atoms with E-state index in [1.807, 2.05) is 33.3 Å². The van der Waals surface area contributed by atoms with Crippen LogP contribution in [-0.2, 0) is 34.3 Å². The van der Waals surface area contributed by atoms with Gasteiger partial charge in [0.2, 0.25) is 0 Å². The Morgan fingerprint density at radius 1 is 0.882 bits per heavy atom. The molecule has 2 aromatic rings.